The standard InChI is InChI=1S/C5H7ClO2/c1-3-4(2)5(7)8-6/h3H,1-2H3. The molecule has 0 amide bonds. The summed E-state index contributed by atoms with van der Waals surface area (Å²) in [4.78, 5) is 10.3. The van der Waals surface area contributed by atoms with Crippen molar-refractivity contribution >= 4 is 17.8 Å². The average Bonchev–Trinajstić information content (AvgIpc) is 1.84. The minimum atomic E-state index is -0.492. The fourth-order valence-corrected chi connectivity index (χ4v) is 0.300. The topological polar surface area (TPSA) is 26.3 Å². The van der Waals surface area contributed by atoms with Crippen LogP contribution in [0.25, 0.3) is 0 Å². The maximum absolute atomic E-state index is 10.3. The molecule has 0 radical (unpaired) electrons. The van der Waals surface area contributed by atoms with Gasteiger partial charge in [0.25, 0.3) is 0 Å². The monoisotopic (exact) mass is 134 g/mol. The van der Waals surface area contributed by atoms with Crippen LogP contribution in [0.4, 0.5) is 0 Å². The molecule has 0 bridgehead atoms. The molecule has 0 aliphatic heterocycles. The van der Waals surface area contributed by atoms with Crippen molar-refractivity contribution in [1.29, 1.82) is 0 Å². The molecular formula is C5H7ClO2. The van der Waals surface area contributed by atoms with Crippen molar-refractivity contribution in [3.63, 3.8) is 0 Å². The summed E-state index contributed by atoms with van der Waals surface area (Å²) in [5.74, 6) is -0.492. The number of hydrogen-bond acceptors (Lipinski definition) is 2. The largest absolute Gasteiger partial charge is 0.351 e. The first-order valence-electron chi connectivity index (χ1n) is 2.18. The molecule has 0 spiro atoms. The van der Waals surface area contributed by atoms with Crippen molar-refractivity contribution in [2.45, 2.75) is 13.8 Å². The third-order valence-electron chi connectivity index (χ3n) is 0.825. The Morgan fingerprint density at radius 1 is 1.75 bits per heavy atom. The second kappa shape index (κ2) is 3.50. The first-order valence-corrected chi connectivity index (χ1v) is 2.49. The molecule has 2 nitrogen and oxygen atoms in total. The van der Waals surface area contributed by atoms with E-state index in [0.29, 0.717) is 5.57 Å². The van der Waals surface area contributed by atoms with Crippen molar-refractivity contribution in [2.75, 3.05) is 0 Å². The van der Waals surface area contributed by atoms with Gasteiger partial charge in [-0.1, -0.05) is 6.08 Å². The molecule has 0 aliphatic carbocycles. The minimum Gasteiger partial charge on any atom is -0.343 e. The fourth-order valence-electron chi connectivity index (χ4n) is 0.179. The van der Waals surface area contributed by atoms with Crippen molar-refractivity contribution < 1.29 is 9.08 Å². The van der Waals surface area contributed by atoms with Gasteiger partial charge in [-0.15, -0.1) is 0 Å². The quantitative estimate of drug-likeness (QED) is 0.510. The molecule has 0 aromatic heterocycles. The number of rotatable bonds is 1. The van der Waals surface area contributed by atoms with Gasteiger partial charge in [0.2, 0.25) is 0 Å². The van der Waals surface area contributed by atoms with Crippen LogP contribution in [0.15, 0.2) is 11.6 Å². The Hall–Kier alpha value is -0.500. The van der Waals surface area contributed by atoms with E-state index in [2.05, 4.69) is 4.29 Å². The lowest BCUT2D eigenvalue weighted by Gasteiger charge is -1.89. The molecule has 0 rings (SSSR count). The van der Waals surface area contributed by atoms with Crippen LogP contribution in [0.5, 0.6) is 0 Å². The van der Waals surface area contributed by atoms with Crippen LogP contribution >= 0.6 is 11.9 Å². The smallest absolute Gasteiger partial charge is 0.343 e. The SMILES string of the molecule is CC=C(C)C(=O)OCl. The molecule has 0 heterocycles. The summed E-state index contributed by atoms with van der Waals surface area (Å²) in [6.07, 6.45) is 1.63. The van der Waals surface area contributed by atoms with E-state index in [1.807, 2.05) is 0 Å². The van der Waals surface area contributed by atoms with Crippen LogP contribution in [0.2, 0.25) is 0 Å². The predicted molar refractivity (Wildman–Crippen MR) is 31.4 cm³/mol. The number of carbonyl (C=O) groups excluding carboxylic acids is 1. The van der Waals surface area contributed by atoms with E-state index in [4.69, 9.17) is 11.9 Å². The van der Waals surface area contributed by atoms with Gasteiger partial charge in [-0.05, 0) is 13.8 Å². The normalized spacial score (nSPS) is 11.1. The summed E-state index contributed by atoms with van der Waals surface area (Å²) in [5.41, 5.74) is 0.514. The van der Waals surface area contributed by atoms with Gasteiger partial charge < -0.3 is 4.29 Å². The Morgan fingerprint density at radius 3 is 2.38 bits per heavy atom. The highest BCUT2D eigenvalue weighted by Crippen LogP contribution is 1.96. The van der Waals surface area contributed by atoms with Crippen molar-refractivity contribution in [3.05, 3.63) is 11.6 Å². The number of hydrogen-bond donors (Lipinski definition) is 0. The molecule has 0 atom stereocenters. The Morgan fingerprint density at radius 2 is 2.25 bits per heavy atom. The summed E-state index contributed by atoms with van der Waals surface area (Å²) in [6.45, 7) is 3.37. The zero-order chi connectivity index (χ0) is 6.57. The summed E-state index contributed by atoms with van der Waals surface area (Å²) in [7, 11) is 0. The Labute approximate surface area is 53.3 Å². The Kier molecular flexibility index (Phi) is 3.28. The molecule has 46 valence electrons. The molecule has 3 heteroatoms. The van der Waals surface area contributed by atoms with Gasteiger partial charge in [-0.2, -0.15) is 0 Å². The molecular weight excluding hydrogens is 128 g/mol. The maximum Gasteiger partial charge on any atom is 0.351 e. The number of halogens is 1. The summed E-state index contributed by atoms with van der Waals surface area (Å²) in [6, 6.07) is 0. The van der Waals surface area contributed by atoms with Crippen molar-refractivity contribution in [3.8, 4) is 0 Å². The zero-order valence-corrected chi connectivity index (χ0v) is 5.53. The lowest BCUT2D eigenvalue weighted by molar-refractivity contribution is -0.129. The lowest BCUT2D eigenvalue weighted by atomic mass is 10.3. The van der Waals surface area contributed by atoms with E-state index < -0.39 is 5.97 Å². The van der Waals surface area contributed by atoms with Crippen molar-refractivity contribution in [2.24, 2.45) is 0 Å². The highest BCUT2D eigenvalue weighted by atomic mass is 35.5. The minimum absolute atomic E-state index is 0.492. The van der Waals surface area contributed by atoms with Crippen LogP contribution < -0.4 is 0 Å². The van der Waals surface area contributed by atoms with Gasteiger partial charge in [-0.25, -0.2) is 4.79 Å². The maximum atomic E-state index is 10.3. The highest BCUT2D eigenvalue weighted by Gasteiger charge is 2.00. The first-order chi connectivity index (χ1) is 3.72. The van der Waals surface area contributed by atoms with Gasteiger partial charge in [-0.3, -0.25) is 0 Å². The average molecular weight is 135 g/mol. The highest BCUT2D eigenvalue weighted by molar-refractivity contribution is 6.15. The van der Waals surface area contributed by atoms with Gasteiger partial charge >= 0.3 is 5.97 Å². The summed E-state index contributed by atoms with van der Waals surface area (Å²) >= 11 is 4.74. The van der Waals surface area contributed by atoms with E-state index in [0.717, 1.165) is 0 Å². The van der Waals surface area contributed by atoms with Gasteiger partial charge in [0.1, 0.15) is 11.9 Å². The predicted octanol–water partition coefficient (Wildman–Crippen LogP) is 1.65. The summed E-state index contributed by atoms with van der Waals surface area (Å²) in [5, 5.41) is 0. The third-order valence-corrected chi connectivity index (χ3v) is 0.965. The van der Waals surface area contributed by atoms with E-state index in [-0.39, 0.29) is 0 Å². The van der Waals surface area contributed by atoms with E-state index in [9.17, 15) is 4.79 Å². The van der Waals surface area contributed by atoms with Crippen LogP contribution in [0.1, 0.15) is 13.8 Å². The molecule has 0 aromatic rings. The molecule has 0 saturated carbocycles. The van der Waals surface area contributed by atoms with Crippen LogP contribution in [-0.4, -0.2) is 5.97 Å². The fraction of sp³-hybridized carbons (Fsp3) is 0.400. The summed E-state index contributed by atoms with van der Waals surface area (Å²) < 4.78 is 3.87. The molecule has 0 fully saturated rings. The van der Waals surface area contributed by atoms with E-state index in [1.165, 1.54) is 0 Å². The van der Waals surface area contributed by atoms with Crippen LogP contribution in [0, 0.1) is 0 Å². The third kappa shape index (κ3) is 1.98. The number of allylic oxidation sites excluding steroid dienone is 1. The molecule has 0 unspecified atom stereocenters. The van der Waals surface area contributed by atoms with Crippen molar-refractivity contribution in [1.82, 2.24) is 0 Å². The molecule has 0 N–H and O–H groups in total. The van der Waals surface area contributed by atoms with Gasteiger partial charge in [0, 0.05) is 5.57 Å². The lowest BCUT2D eigenvalue weighted by Crippen LogP contribution is -1.96. The second-order valence-corrected chi connectivity index (χ2v) is 1.49. The van der Waals surface area contributed by atoms with Crippen LogP contribution in [-0.2, 0) is 9.08 Å². The molecule has 8 heavy (non-hydrogen) atoms. The first kappa shape index (κ1) is 7.50. The molecule has 0 aliphatic rings. The van der Waals surface area contributed by atoms with E-state index >= 15 is 0 Å². The Balaban J connectivity index is 3.83. The zero-order valence-electron chi connectivity index (χ0n) is 4.77. The molecule has 0 aromatic carbocycles. The Bertz CT molecular complexity index is 118. The second-order valence-electron chi connectivity index (χ2n) is 1.34. The van der Waals surface area contributed by atoms with Crippen LogP contribution in [0.3, 0.4) is 0 Å². The van der Waals surface area contributed by atoms with Gasteiger partial charge in [0.05, 0.1) is 0 Å². The number of carbonyl (C=O) groups is 1. The van der Waals surface area contributed by atoms with E-state index in [1.54, 1.807) is 19.9 Å². The molecule has 0 saturated heterocycles. The van der Waals surface area contributed by atoms with Gasteiger partial charge in [0.15, 0.2) is 0 Å².